The number of likely N-dealkylation sites (tertiary alicyclic amines) is 1. The summed E-state index contributed by atoms with van der Waals surface area (Å²) in [5, 5.41) is 0. The van der Waals surface area contributed by atoms with Gasteiger partial charge in [0.15, 0.2) is 12.1 Å². The van der Waals surface area contributed by atoms with Crippen molar-refractivity contribution in [3.05, 3.63) is 29.3 Å². The average molecular weight is 386 g/mol. The van der Waals surface area contributed by atoms with E-state index < -0.39 is 0 Å². The summed E-state index contributed by atoms with van der Waals surface area (Å²) in [6, 6.07) is 6.50. The lowest BCUT2D eigenvalue weighted by Gasteiger charge is -2.39. The normalized spacial score (nSPS) is 35.1. The molecule has 0 aromatic heterocycles. The fraction of sp³-hybridized carbons (Fsp3) is 0.696. The SMILES string of the molecule is COc1ccc2c(c1)C1(CCCC(OC)OC)CC3(C2)C(C1=O)N3CC1CC1. The number of hydrogen-bond acceptors (Lipinski definition) is 5. The molecule has 5 nitrogen and oxygen atoms in total. The second-order valence-electron chi connectivity index (χ2n) is 9.22. The summed E-state index contributed by atoms with van der Waals surface area (Å²) in [5.74, 6) is 2.12. The van der Waals surface area contributed by atoms with Crippen LogP contribution in [0.15, 0.2) is 18.2 Å². The van der Waals surface area contributed by atoms with Gasteiger partial charge in [-0.3, -0.25) is 9.69 Å². The molecule has 0 radical (unpaired) electrons. The smallest absolute Gasteiger partial charge is 0.162 e. The molecule has 4 unspecified atom stereocenters. The molecule has 1 saturated heterocycles. The first-order chi connectivity index (χ1) is 13.6. The fourth-order valence-electron chi connectivity index (χ4n) is 6.11. The van der Waals surface area contributed by atoms with E-state index in [2.05, 4.69) is 17.0 Å². The van der Waals surface area contributed by atoms with Crippen LogP contribution in [0.3, 0.4) is 0 Å². The highest BCUT2D eigenvalue weighted by Crippen LogP contribution is 2.66. The minimum atomic E-state index is -0.362. The van der Waals surface area contributed by atoms with E-state index >= 15 is 0 Å². The van der Waals surface area contributed by atoms with Gasteiger partial charge in [0.05, 0.1) is 18.6 Å². The lowest BCUT2D eigenvalue weighted by Crippen LogP contribution is -2.44. The summed E-state index contributed by atoms with van der Waals surface area (Å²) < 4.78 is 16.2. The molecule has 1 aromatic rings. The zero-order chi connectivity index (χ0) is 19.5. The maximum absolute atomic E-state index is 13.8. The van der Waals surface area contributed by atoms with Crippen LogP contribution >= 0.6 is 0 Å². The van der Waals surface area contributed by atoms with E-state index in [0.29, 0.717) is 5.78 Å². The summed E-state index contributed by atoms with van der Waals surface area (Å²) in [5.41, 5.74) is 2.28. The molecule has 2 saturated carbocycles. The van der Waals surface area contributed by atoms with Crippen molar-refractivity contribution in [3.63, 3.8) is 0 Å². The van der Waals surface area contributed by atoms with Crippen LogP contribution in [0.1, 0.15) is 49.7 Å². The van der Waals surface area contributed by atoms with Crippen molar-refractivity contribution in [1.82, 2.24) is 4.90 Å². The highest BCUT2D eigenvalue weighted by atomic mass is 16.7. The topological polar surface area (TPSA) is 47.8 Å². The number of nitrogens with zero attached hydrogens (tertiary/aromatic N) is 1. The van der Waals surface area contributed by atoms with Crippen LogP contribution < -0.4 is 4.74 Å². The second-order valence-corrected chi connectivity index (χ2v) is 9.22. The van der Waals surface area contributed by atoms with Crippen molar-refractivity contribution in [3.8, 4) is 5.75 Å². The van der Waals surface area contributed by atoms with Crippen molar-refractivity contribution < 1.29 is 19.0 Å². The van der Waals surface area contributed by atoms with E-state index in [-0.39, 0.29) is 23.3 Å². The van der Waals surface area contributed by atoms with Gasteiger partial charge in [0, 0.05) is 26.3 Å². The van der Waals surface area contributed by atoms with Gasteiger partial charge in [0.2, 0.25) is 0 Å². The molecular formula is C23H31NO4. The molecule has 1 aromatic carbocycles. The van der Waals surface area contributed by atoms with Gasteiger partial charge in [-0.1, -0.05) is 6.07 Å². The van der Waals surface area contributed by atoms with Crippen molar-refractivity contribution in [2.75, 3.05) is 27.9 Å². The number of piperidine rings is 1. The monoisotopic (exact) mass is 385 g/mol. The fourth-order valence-corrected chi connectivity index (χ4v) is 6.11. The van der Waals surface area contributed by atoms with Gasteiger partial charge in [-0.15, -0.1) is 0 Å². The minimum absolute atomic E-state index is 0.0865. The van der Waals surface area contributed by atoms with E-state index in [1.165, 1.54) is 24.0 Å². The van der Waals surface area contributed by atoms with Crippen LogP contribution in [0.2, 0.25) is 0 Å². The van der Waals surface area contributed by atoms with Crippen LogP contribution in [-0.2, 0) is 26.1 Å². The van der Waals surface area contributed by atoms with Gasteiger partial charge >= 0.3 is 0 Å². The van der Waals surface area contributed by atoms with E-state index in [4.69, 9.17) is 14.2 Å². The molecular weight excluding hydrogens is 354 g/mol. The number of carbonyl (C=O) groups is 1. The number of hydrogen-bond donors (Lipinski definition) is 0. The summed E-state index contributed by atoms with van der Waals surface area (Å²) in [4.78, 5) is 16.3. The molecule has 3 aliphatic carbocycles. The predicted molar refractivity (Wildman–Crippen MR) is 106 cm³/mol. The number of fused-ring (bicyclic) bond motifs is 3. The summed E-state index contributed by atoms with van der Waals surface area (Å²) in [7, 11) is 5.05. The molecule has 28 heavy (non-hydrogen) atoms. The number of methoxy groups -OCH3 is 3. The van der Waals surface area contributed by atoms with Gasteiger partial charge in [-0.25, -0.2) is 0 Å². The van der Waals surface area contributed by atoms with Gasteiger partial charge < -0.3 is 14.2 Å². The van der Waals surface area contributed by atoms with Gasteiger partial charge in [0.1, 0.15) is 5.75 Å². The molecule has 3 fully saturated rings. The van der Waals surface area contributed by atoms with Crippen molar-refractivity contribution >= 4 is 5.78 Å². The first kappa shape index (κ1) is 18.6. The summed E-state index contributed by atoms with van der Waals surface area (Å²) in [6.07, 6.45) is 7.05. The Bertz CT molecular complexity index is 787. The zero-order valence-electron chi connectivity index (χ0n) is 17.2. The lowest BCUT2D eigenvalue weighted by atomic mass is 9.66. The first-order valence-electron chi connectivity index (χ1n) is 10.6. The highest BCUT2D eigenvalue weighted by molar-refractivity contribution is 6.03. The molecule has 0 amide bonds. The Morgan fingerprint density at radius 3 is 2.68 bits per heavy atom. The molecule has 0 N–H and O–H groups in total. The van der Waals surface area contributed by atoms with Crippen LogP contribution in [0.5, 0.6) is 5.75 Å². The quantitative estimate of drug-likeness (QED) is 0.483. The van der Waals surface area contributed by atoms with Crippen molar-refractivity contribution in [2.24, 2.45) is 5.92 Å². The Labute approximate surface area is 167 Å². The standard InChI is InChI=1S/C23H31NO4/c1-26-17-9-8-16-12-23-14-22(18(16)11-17,10-4-5-19(27-2)28-3)21(25)20(23)24(23)13-15-6-7-15/h8-9,11,15,19-20H,4-7,10,12-14H2,1-3H3. The van der Waals surface area contributed by atoms with Crippen LogP contribution in [0.25, 0.3) is 0 Å². The minimum Gasteiger partial charge on any atom is -0.497 e. The first-order valence-corrected chi connectivity index (χ1v) is 10.6. The van der Waals surface area contributed by atoms with E-state index in [0.717, 1.165) is 50.3 Å². The number of carbonyl (C=O) groups excluding carboxylic acids is 1. The van der Waals surface area contributed by atoms with Crippen molar-refractivity contribution in [2.45, 2.75) is 68.2 Å². The molecule has 2 bridgehead atoms. The predicted octanol–water partition coefficient (Wildman–Crippen LogP) is 3.08. The van der Waals surface area contributed by atoms with E-state index in [9.17, 15) is 4.79 Å². The third-order valence-electron chi connectivity index (χ3n) is 7.70. The molecule has 1 heterocycles. The third kappa shape index (κ3) is 2.59. The Kier molecular flexibility index (Phi) is 4.34. The molecule has 4 aliphatic rings. The number of benzene rings is 1. The second kappa shape index (κ2) is 6.54. The van der Waals surface area contributed by atoms with Crippen LogP contribution in [0, 0.1) is 5.92 Å². The summed E-state index contributed by atoms with van der Waals surface area (Å²) >= 11 is 0. The zero-order valence-corrected chi connectivity index (χ0v) is 17.2. The molecule has 5 heteroatoms. The van der Waals surface area contributed by atoms with Gasteiger partial charge in [0.25, 0.3) is 0 Å². The molecule has 1 spiro atoms. The number of ether oxygens (including phenoxy) is 3. The third-order valence-corrected chi connectivity index (χ3v) is 7.70. The van der Waals surface area contributed by atoms with Crippen LogP contribution in [-0.4, -0.2) is 56.4 Å². The Hall–Kier alpha value is -1.43. The lowest BCUT2D eigenvalue weighted by molar-refractivity contribution is -0.125. The molecule has 4 atom stereocenters. The molecule has 152 valence electrons. The van der Waals surface area contributed by atoms with Gasteiger partial charge in [-0.05, 0) is 74.1 Å². The maximum atomic E-state index is 13.8. The average Bonchev–Trinajstić information content (AvgIpc) is 3.61. The van der Waals surface area contributed by atoms with Gasteiger partial charge in [-0.2, -0.15) is 0 Å². The largest absolute Gasteiger partial charge is 0.497 e. The summed E-state index contributed by atoms with van der Waals surface area (Å²) in [6.45, 7) is 1.12. The molecule has 1 aliphatic heterocycles. The van der Waals surface area contributed by atoms with E-state index in [1.807, 2.05) is 6.07 Å². The van der Waals surface area contributed by atoms with Crippen LogP contribution in [0.4, 0.5) is 0 Å². The Morgan fingerprint density at radius 1 is 1.21 bits per heavy atom. The Morgan fingerprint density at radius 2 is 2.00 bits per heavy atom. The Balaban J connectivity index is 1.45. The van der Waals surface area contributed by atoms with Crippen molar-refractivity contribution in [1.29, 1.82) is 0 Å². The number of ketones is 1. The highest BCUT2D eigenvalue weighted by Gasteiger charge is 2.78. The van der Waals surface area contributed by atoms with E-state index in [1.54, 1.807) is 21.3 Å². The number of rotatable bonds is 9. The number of Topliss-reactive ketones (excluding diaryl/α,β-unsaturated/α-hetero) is 1. The molecule has 5 rings (SSSR count). The maximum Gasteiger partial charge on any atom is 0.162 e.